The van der Waals surface area contributed by atoms with Gasteiger partial charge in [-0.3, -0.25) is 14.5 Å². The van der Waals surface area contributed by atoms with Crippen LogP contribution >= 0.6 is 11.3 Å². The van der Waals surface area contributed by atoms with Gasteiger partial charge in [0.1, 0.15) is 5.00 Å². The topological polar surface area (TPSA) is 48.8 Å². The summed E-state index contributed by atoms with van der Waals surface area (Å²) in [7, 11) is 0. The van der Waals surface area contributed by atoms with E-state index in [4.69, 9.17) is 0 Å². The van der Waals surface area contributed by atoms with Crippen LogP contribution in [0.5, 0.6) is 0 Å². The number of aryl methyl sites for hydroxylation is 2. The smallest absolute Gasteiger partial charge is 0.256 e. The molecule has 0 N–H and O–H groups in total. The molecule has 0 saturated carbocycles. The number of thiophene rings is 1. The Bertz CT molecular complexity index is 862. The molecule has 0 unspecified atom stereocenters. The number of carbonyl (C=O) groups excluding carboxylic acids is 2. The Morgan fingerprint density at radius 1 is 0.862 bits per heavy atom. The van der Waals surface area contributed by atoms with Gasteiger partial charge in [-0.25, -0.2) is 0 Å². The molecule has 4 rings (SSSR count). The van der Waals surface area contributed by atoms with Crippen LogP contribution in [0, 0.1) is 13.8 Å². The van der Waals surface area contributed by atoms with E-state index in [2.05, 4.69) is 35.4 Å². The predicted octanol–water partition coefficient (Wildman–Crippen LogP) is 2.93. The molecule has 0 aromatic carbocycles. The van der Waals surface area contributed by atoms with Crippen LogP contribution in [-0.4, -0.2) is 76.9 Å². The summed E-state index contributed by atoms with van der Waals surface area (Å²) < 4.78 is 2.16. The van der Waals surface area contributed by atoms with Gasteiger partial charge in [0.25, 0.3) is 5.91 Å². The van der Waals surface area contributed by atoms with Crippen LogP contribution in [-0.2, 0) is 4.79 Å². The Hall–Kier alpha value is -2.12. The zero-order valence-electron chi connectivity index (χ0n) is 17.4. The number of nitrogens with zero attached hydrogens (tertiary/aromatic N) is 4. The van der Waals surface area contributed by atoms with Crippen molar-refractivity contribution in [3.8, 4) is 5.00 Å². The molecule has 156 valence electrons. The van der Waals surface area contributed by atoms with Crippen LogP contribution in [0.25, 0.3) is 5.00 Å². The largest absolute Gasteiger partial charge is 0.342 e. The first kappa shape index (κ1) is 20.2. The number of amides is 2. The minimum absolute atomic E-state index is 0.0986. The van der Waals surface area contributed by atoms with Gasteiger partial charge in [-0.05, 0) is 56.7 Å². The van der Waals surface area contributed by atoms with Gasteiger partial charge in [0.2, 0.25) is 5.91 Å². The third kappa shape index (κ3) is 4.26. The lowest BCUT2D eigenvalue weighted by atomic mass is 10.2. The highest BCUT2D eigenvalue weighted by molar-refractivity contribution is 7.13. The fourth-order valence-corrected chi connectivity index (χ4v) is 5.40. The van der Waals surface area contributed by atoms with E-state index in [1.54, 1.807) is 11.3 Å². The highest BCUT2D eigenvalue weighted by atomic mass is 32.1. The second-order valence-electron chi connectivity index (χ2n) is 8.10. The minimum Gasteiger partial charge on any atom is -0.342 e. The van der Waals surface area contributed by atoms with Gasteiger partial charge in [-0.1, -0.05) is 0 Å². The number of likely N-dealkylation sites (tertiary alicyclic amines) is 1. The van der Waals surface area contributed by atoms with Gasteiger partial charge < -0.3 is 14.4 Å². The lowest BCUT2D eigenvalue weighted by molar-refractivity contribution is -0.131. The molecule has 2 saturated heterocycles. The Kier molecular flexibility index (Phi) is 6.06. The first-order valence-corrected chi connectivity index (χ1v) is 11.4. The number of aromatic nitrogens is 1. The van der Waals surface area contributed by atoms with Gasteiger partial charge in [0.15, 0.2) is 0 Å². The van der Waals surface area contributed by atoms with Crippen molar-refractivity contribution in [3.63, 3.8) is 0 Å². The van der Waals surface area contributed by atoms with Crippen LogP contribution in [0.4, 0.5) is 0 Å². The van der Waals surface area contributed by atoms with E-state index >= 15 is 0 Å². The van der Waals surface area contributed by atoms with Crippen LogP contribution in [0.2, 0.25) is 0 Å². The van der Waals surface area contributed by atoms with Gasteiger partial charge in [0, 0.05) is 50.7 Å². The maximum absolute atomic E-state index is 13.3. The molecular weight excluding hydrogens is 384 g/mol. The minimum atomic E-state index is 0.0986. The molecule has 6 nitrogen and oxygen atoms in total. The van der Waals surface area contributed by atoms with Crippen molar-refractivity contribution < 1.29 is 9.59 Å². The first-order valence-electron chi connectivity index (χ1n) is 10.6. The van der Waals surface area contributed by atoms with E-state index in [1.807, 2.05) is 21.2 Å². The molecule has 4 heterocycles. The van der Waals surface area contributed by atoms with E-state index < -0.39 is 0 Å². The van der Waals surface area contributed by atoms with Gasteiger partial charge in [0.05, 0.1) is 12.1 Å². The van der Waals surface area contributed by atoms with E-state index in [-0.39, 0.29) is 11.8 Å². The summed E-state index contributed by atoms with van der Waals surface area (Å²) in [4.78, 5) is 31.9. The molecule has 2 aliphatic heterocycles. The highest BCUT2D eigenvalue weighted by Crippen LogP contribution is 2.27. The van der Waals surface area contributed by atoms with Crippen molar-refractivity contribution in [2.75, 3.05) is 45.8 Å². The summed E-state index contributed by atoms with van der Waals surface area (Å²) in [6, 6.07) is 6.12. The van der Waals surface area contributed by atoms with Gasteiger partial charge in [-0.2, -0.15) is 0 Å². The molecule has 2 fully saturated rings. The quantitative estimate of drug-likeness (QED) is 0.773. The van der Waals surface area contributed by atoms with Crippen LogP contribution in [0.15, 0.2) is 23.6 Å². The van der Waals surface area contributed by atoms with Crippen LogP contribution < -0.4 is 0 Å². The fraction of sp³-hybridized carbons (Fsp3) is 0.545. The Labute approximate surface area is 176 Å². The molecule has 2 aromatic heterocycles. The number of hydrogen-bond acceptors (Lipinski definition) is 4. The average Bonchev–Trinajstić information content (AvgIpc) is 3.42. The maximum Gasteiger partial charge on any atom is 0.256 e. The maximum atomic E-state index is 13.3. The molecule has 0 bridgehead atoms. The average molecular weight is 415 g/mol. The second kappa shape index (κ2) is 8.71. The van der Waals surface area contributed by atoms with E-state index in [9.17, 15) is 9.59 Å². The zero-order valence-corrected chi connectivity index (χ0v) is 18.2. The van der Waals surface area contributed by atoms with E-state index in [0.717, 1.165) is 73.9 Å². The summed E-state index contributed by atoms with van der Waals surface area (Å²) in [6.45, 7) is 9.46. The Morgan fingerprint density at radius 3 is 2.28 bits per heavy atom. The number of rotatable bonds is 4. The summed E-state index contributed by atoms with van der Waals surface area (Å²) in [5.74, 6) is 0.336. The standard InChI is InChI=1S/C22H30N4O2S/c1-17-6-7-18(2)26(17)22-19(8-15-29-22)21(28)25-12-5-9-23(13-14-25)16-20(27)24-10-3-4-11-24/h6-8,15H,3-5,9-14,16H2,1-2H3. The third-order valence-electron chi connectivity index (χ3n) is 6.04. The number of carbonyl (C=O) groups is 2. The van der Waals surface area contributed by atoms with Crippen LogP contribution in [0.1, 0.15) is 41.0 Å². The molecule has 0 spiro atoms. The molecule has 2 aliphatic rings. The van der Waals surface area contributed by atoms with Gasteiger partial charge >= 0.3 is 0 Å². The molecule has 0 atom stereocenters. The van der Waals surface area contributed by atoms with Crippen molar-refractivity contribution in [2.24, 2.45) is 0 Å². The molecular formula is C22H30N4O2S. The van der Waals surface area contributed by atoms with Crippen molar-refractivity contribution in [2.45, 2.75) is 33.1 Å². The predicted molar refractivity (Wildman–Crippen MR) is 116 cm³/mol. The van der Waals surface area contributed by atoms with E-state index in [1.165, 1.54) is 0 Å². The SMILES string of the molecule is Cc1ccc(C)n1-c1sccc1C(=O)N1CCCN(CC(=O)N2CCCC2)CC1. The summed E-state index contributed by atoms with van der Waals surface area (Å²) in [5, 5.41) is 3.00. The molecule has 29 heavy (non-hydrogen) atoms. The summed E-state index contributed by atoms with van der Waals surface area (Å²) >= 11 is 1.61. The van der Waals surface area contributed by atoms with Crippen molar-refractivity contribution in [1.29, 1.82) is 0 Å². The second-order valence-corrected chi connectivity index (χ2v) is 9.00. The Morgan fingerprint density at radius 2 is 1.55 bits per heavy atom. The molecule has 0 radical (unpaired) electrons. The lowest BCUT2D eigenvalue weighted by Gasteiger charge is -2.24. The van der Waals surface area contributed by atoms with Crippen LogP contribution in [0.3, 0.4) is 0 Å². The van der Waals surface area contributed by atoms with E-state index in [0.29, 0.717) is 13.1 Å². The fourth-order valence-electron chi connectivity index (χ4n) is 4.39. The molecule has 0 aliphatic carbocycles. The third-order valence-corrected chi connectivity index (χ3v) is 6.94. The summed E-state index contributed by atoms with van der Waals surface area (Å²) in [5.41, 5.74) is 3.06. The lowest BCUT2D eigenvalue weighted by Crippen LogP contribution is -2.41. The summed E-state index contributed by atoms with van der Waals surface area (Å²) in [6.07, 6.45) is 3.15. The van der Waals surface area contributed by atoms with Gasteiger partial charge in [-0.15, -0.1) is 11.3 Å². The zero-order chi connectivity index (χ0) is 20.4. The normalized spacial score (nSPS) is 18.3. The molecule has 2 amide bonds. The van der Waals surface area contributed by atoms with Crippen molar-refractivity contribution in [3.05, 3.63) is 40.5 Å². The monoisotopic (exact) mass is 414 g/mol. The van der Waals surface area contributed by atoms with Crippen molar-refractivity contribution in [1.82, 2.24) is 19.3 Å². The first-order chi connectivity index (χ1) is 14.0. The van der Waals surface area contributed by atoms with Crippen molar-refractivity contribution >= 4 is 23.2 Å². The highest BCUT2D eigenvalue weighted by Gasteiger charge is 2.26. The Balaban J connectivity index is 1.42. The molecule has 2 aromatic rings. The number of hydrogen-bond donors (Lipinski definition) is 0. The molecule has 7 heteroatoms.